The predicted molar refractivity (Wildman–Crippen MR) is 102 cm³/mol. The zero-order chi connectivity index (χ0) is 20.7. The van der Waals surface area contributed by atoms with Crippen LogP contribution in [0.2, 0.25) is 0 Å². The number of allylic oxidation sites excluding steroid dienone is 1. The first-order valence-corrected chi connectivity index (χ1v) is 8.42. The topological polar surface area (TPSA) is 135 Å². The van der Waals surface area contributed by atoms with Crippen LogP contribution in [-0.4, -0.2) is 38.7 Å². The maximum atomic E-state index is 13.1. The van der Waals surface area contributed by atoms with Crippen LogP contribution < -0.4 is 10.9 Å². The number of hydrogen-bond donors (Lipinski definition) is 2. The van der Waals surface area contributed by atoms with Crippen molar-refractivity contribution in [1.82, 2.24) is 15.1 Å². The number of aromatic amines is 1. The van der Waals surface area contributed by atoms with Gasteiger partial charge in [-0.2, -0.15) is 4.99 Å². The molecule has 2 amide bonds. The van der Waals surface area contributed by atoms with Gasteiger partial charge in [-0.1, -0.05) is 0 Å². The smallest absolute Gasteiger partial charge is 0.304 e. The van der Waals surface area contributed by atoms with Gasteiger partial charge in [-0.3, -0.25) is 25.0 Å². The largest absolute Gasteiger partial charge is 0.346 e. The van der Waals surface area contributed by atoms with E-state index in [9.17, 15) is 24.1 Å². The lowest BCUT2D eigenvalue weighted by atomic mass is 10.0. The second-order valence-electron chi connectivity index (χ2n) is 6.33. The number of amides is 2. The zero-order valence-corrected chi connectivity index (χ0v) is 14.9. The van der Waals surface area contributed by atoms with Crippen molar-refractivity contribution in [3.05, 3.63) is 85.4 Å². The maximum Gasteiger partial charge on any atom is 0.346 e. The minimum Gasteiger partial charge on any atom is -0.304 e. The van der Waals surface area contributed by atoms with Crippen molar-refractivity contribution in [3.63, 3.8) is 0 Å². The molecule has 2 heterocycles. The molecular formula is C18H13FN6O4. The fourth-order valence-corrected chi connectivity index (χ4v) is 2.99. The number of carbonyl (C=O) groups excluding carboxylic acids is 1. The highest BCUT2D eigenvalue weighted by atomic mass is 19.1. The van der Waals surface area contributed by atoms with E-state index < -0.39 is 28.4 Å². The van der Waals surface area contributed by atoms with Crippen molar-refractivity contribution in [3.8, 4) is 5.69 Å². The summed E-state index contributed by atoms with van der Waals surface area (Å²) in [5.41, 5.74) is 1.18. The Labute approximate surface area is 161 Å². The van der Waals surface area contributed by atoms with Gasteiger partial charge in [-0.05, 0) is 37.3 Å². The monoisotopic (exact) mass is 396 g/mol. The third-order valence-corrected chi connectivity index (χ3v) is 4.42. The molecule has 1 unspecified atom stereocenters. The van der Waals surface area contributed by atoms with Crippen LogP contribution in [0.25, 0.3) is 5.69 Å². The van der Waals surface area contributed by atoms with Crippen molar-refractivity contribution in [1.29, 1.82) is 0 Å². The highest BCUT2D eigenvalue weighted by molar-refractivity contribution is 6.19. The number of carbonyl (C=O) groups is 1. The molecule has 1 aromatic carbocycles. The molecule has 10 nitrogen and oxygen atoms in total. The standard InChI is InChI=1S/C18H13FN6O4/c1-9-12(17(26)24(23-9)11-4-2-10(19)3-5-11)8-20-15-6-13-14(22-18(27)21-13)7-16(15)25(28)29/h2-8,16,23H,1H3,(H,22,27). The first-order chi connectivity index (χ1) is 13.8. The van der Waals surface area contributed by atoms with Gasteiger partial charge in [0.05, 0.1) is 22.7 Å². The molecule has 11 heteroatoms. The summed E-state index contributed by atoms with van der Waals surface area (Å²) in [6.07, 6.45) is 3.80. The fraction of sp³-hybridized carbons (Fsp3) is 0.111. The van der Waals surface area contributed by atoms with Crippen LogP contribution in [0.1, 0.15) is 11.3 Å². The number of rotatable bonds is 4. The number of nitro groups is 1. The Morgan fingerprint density at radius 2 is 2.03 bits per heavy atom. The van der Waals surface area contributed by atoms with Gasteiger partial charge in [0.15, 0.2) is 0 Å². The summed E-state index contributed by atoms with van der Waals surface area (Å²) in [6.45, 7) is 1.64. The van der Waals surface area contributed by atoms with E-state index in [1.165, 1.54) is 47.3 Å². The third-order valence-electron chi connectivity index (χ3n) is 4.42. The quantitative estimate of drug-likeness (QED) is 0.461. The Bertz CT molecular complexity index is 1220. The molecule has 1 atom stereocenters. The number of halogens is 1. The van der Waals surface area contributed by atoms with Gasteiger partial charge < -0.3 is 5.32 Å². The Balaban J connectivity index is 1.70. The molecule has 1 aliphatic heterocycles. The number of aryl methyl sites for hydroxylation is 1. The summed E-state index contributed by atoms with van der Waals surface area (Å²) in [5.74, 6) is -0.433. The molecule has 0 fully saturated rings. The van der Waals surface area contributed by atoms with E-state index in [1.54, 1.807) is 6.92 Å². The second kappa shape index (κ2) is 6.78. The minimum atomic E-state index is -1.29. The zero-order valence-electron chi connectivity index (χ0n) is 14.9. The second-order valence-corrected chi connectivity index (χ2v) is 6.33. The maximum absolute atomic E-state index is 13.1. The van der Waals surface area contributed by atoms with Crippen LogP contribution in [0, 0.1) is 22.9 Å². The molecule has 1 aromatic heterocycles. The summed E-state index contributed by atoms with van der Waals surface area (Å²) < 4.78 is 14.3. The van der Waals surface area contributed by atoms with Crippen LogP contribution in [0.4, 0.5) is 9.18 Å². The van der Waals surface area contributed by atoms with Gasteiger partial charge in [-0.25, -0.2) is 13.9 Å². The van der Waals surface area contributed by atoms with Crippen LogP contribution in [0.5, 0.6) is 0 Å². The van der Waals surface area contributed by atoms with Crippen LogP contribution >= 0.6 is 0 Å². The number of nitrogens with zero attached hydrogens (tertiary/aromatic N) is 4. The van der Waals surface area contributed by atoms with E-state index >= 15 is 0 Å². The molecule has 2 N–H and O–H groups in total. The molecule has 0 saturated heterocycles. The third kappa shape index (κ3) is 3.29. The molecule has 0 bridgehead atoms. The van der Waals surface area contributed by atoms with E-state index in [4.69, 9.17) is 0 Å². The number of aromatic nitrogens is 2. The first-order valence-electron chi connectivity index (χ1n) is 8.42. The van der Waals surface area contributed by atoms with E-state index in [0.717, 1.165) is 0 Å². The molecular weight excluding hydrogens is 383 g/mol. The van der Waals surface area contributed by atoms with Crippen molar-refractivity contribution >= 4 is 18.0 Å². The van der Waals surface area contributed by atoms with Gasteiger partial charge in [0.25, 0.3) is 11.6 Å². The van der Waals surface area contributed by atoms with Gasteiger partial charge in [0.2, 0.25) is 0 Å². The lowest BCUT2D eigenvalue weighted by Gasteiger charge is -2.12. The van der Waals surface area contributed by atoms with Crippen LogP contribution in [0.15, 0.2) is 62.6 Å². The fourth-order valence-electron chi connectivity index (χ4n) is 2.99. The van der Waals surface area contributed by atoms with E-state index in [2.05, 4.69) is 20.4 Å². The van der Waals surface area contributed by atoms with Crippen molar-refractivity contribution in [2.24, 2.45) is 9.98 Å². The Kier molecular flexibility index (Phi) is 4.26. The molecule has 29 heavy (non-hydrogen) atoms. The number of hydrogen-bond acceptors (Lipinski definition) is 5. The molecule has 0 spiro atoms. The summed E-state index contributed by atoms with van der Waals surface area (Å²) in [6, 6.07) is 3.42. The lowest BCUT2D eigenvalue weighted by molar-refractivity contribution is -0.499. The Morgan fingerprint density at radius 3 is 2.72 bits per heavy atom. The molecule has 1 aliphatic carbocycles. The summed E-state index contributed by atoms with van der Waals surface area (Å²) >= 11 is 0. The molecule has 0 radical (unpaired) electrons. The molecule has 2 aliphatic rings. The number of nitrogens with one attached hydrogen (secondary N) is 2. The summed E-state index contributed by atoms with van der Waals surface area (Å²) in [5, 5.41) is 16.7. The summed E-state index contributed by atoms with van der Waals surface area (Å²) in [7, 11) is 0. The number of urea groups is 1. The number of fused-ring (bicyclic) bond motifs is 1. The van der Waals surface area contributed by atoms with Crippen LogP contribution in [0.3, 0.4) is 0 Å². The van der Waals surface area contributed by atoms with E-state index in [1.807, 2.05) is 0 Å². The van der Waals surface area contributed by atoms with Gasteiger partial charge >= 0.3 is 6.03 Å². The number of benzene rings is 1. The molecule has 146 valence electrons. The average molecular weight is 396 g/mol. The number of aliphatic imine (C=N–C) groups is 2. The predicted octanol–water partition coefficient (Wildman–Crippen LogP) is 1.62. The SMILES string of the molecule is Cc1[nH]n(-c2ccc(F)cc2)c(=O)c1C=NC1=CC2=NC(=O)NC2=CC1[N+](=O)[O-]. The van der Waals surface area contributed by atoms with Crippen LogP contribution in [-0.2, 0) is 0 Å². The lowest BCUT2D eigenvalue weighted by Crippen LogP contribution is -2.27. The van der Waals surface area contributed by atoms with Crippen molar-refractivity contribution < 1.29 is 14.1 Å². The number of H-pyrrole nitrogens is 1. The Hall–Kier alpha value is -4.15. The minimum absolute atomic E-state index is 0.0299. The first kappa shape index (κ1) is 18.2. The average Bonchev–Trinajstić information content (AvgIpc) is 3.17. The molecule has 2 aromatic rings. The normalized spacial score (nSPS) is 18.2. The van der Waals surface area contributed by atoms with Gasteiger partial charge in [-0.15, -0.1) is 0 Å². The van der Waals surface area contributed by atoms with E-state index in [0.29, 0.717) is 11.4 Å². The summed E-state index contributed by atoms with van der Waals surface area (Å²) in [4.78, 5) is 42.7. The highest BCUT2D eigenvalue weighted by Gasteiger charge is 2.32. The van der Waals surface area contributed by atoms with Crippen molar-refractivity contribution in [2.45, 2.75) is 13.0 Å². The van der Waals surface area contributed by atoms with Crippen molar-refractivity contribution in [2.75, 3.05) is 0 Å². The van der Waals surface area contributed by atoms with Gasteiger partial charge in [0.1, 0.15) is 11.5 Å². The Morgan fingerprint density at radius 1 is 1.31 bits per heavy atom. The van der Waals surface area contributed by atoms with Gasteiger partial charge in [0, 0.05) is 22.9 Å². The molecule has 0 saturated carbocycles. The molecule has 4 rings (SSSR count). The van der Waals surface area contributed by atoms with E-state index in [-0.39, 0.29) is 22.7 Å². The highest BCUT2D eigenvalue weighted by Crippen LogP contribution is 2.21.